The Morgan fingerprint density at radius 1 is 1.39 bits per heavy atom. The molecule has 0 amide bonds. The molecule has 0 aliphatic heterocycles. The lowest BCUT2D eigenvalue weighted by Gasteiger charge is -2.03. The SMILES string of the molecule is CCC(=C=CCC(=O)OC)CCCn1cccc1. The van der Waals surface area contributed by atoms with Crippen molar-refractivity contribution in [1.29, 1.82) is 0 Å². The Kier molecular flexibility index (Phi) is 6.67. The van der Waals surface area contributed by atoms with Gasteiger partial charge in [0.15, 0.2) is 0 Å². The van der Waals surface area contributed by atoms with Gasteiger partial charge in [0.05, 0.1) is 13.5 Å². The van der Waals surface area contributed by atoms with Crippen LogP contribution in [-0.2, 0) is 16.1 Å². The largest absolute Gasteiger partial charge is 0.469 e. The van der Waals surface area contributed by atoms with Crippen molar-refractivity contribution in [1.82, 2.24) is 4.57 Å². The monoisotopic (exact) mass is 247 g/mol. The van der Waals surface area contributed by atoms with Crippen molar-refractivity contribution >= 4 is 5.97 Å². The van der Waals surface area contributed by atoms with E-state index in [4.69, 9.17) is 0 Å². The molecule has 0 aromatic carbocycles. The summed E-state index contributed by atoms with van der Waals surface area (Å²) in [4.78, 5) is 10.9. The molecule has 0 aliphatic rings. The third-order valence-electron chi connectivity index (χ3n) is 2.79. The van der Waals surface area contributed by atoms with Gasteiger partial charge in [0.1, 0.15) is 0 Å². The summed E-state index contributed by atoms with van der Waals surface area (Å²) in [6.07, 6.45) is 9.30. The molecule has 3 nitrogen and oxygen atoms in total. The molecule has 0 spiro atoms. The molecule has 18 heavy (non-hydrogen) atoms. The zero-order valence-corrected chi connectivity index (χ0v) is 11.2. The maximum Gasteiger partial charge on any atom is 0.309 e. The summed E-state index contributed by atoms with van der Waals surface area (Å²) in [5.41, 5.74) is 4.45. The Morgan fingerprint density at radius 3 is 2.72 bits per heavy atom. The molecule has 0 N–H and O–H groups in total. The summed E-state index contributed by atoms with van der Waals surface area (Å²) < 4.78 is 6.75. The number of nitrogens with zero attached hydrogens (tertiary/aromatic N) is 1. The van der Waals surface area contributed by atoms with E-state index in [0.29, 0.717) is 6.42 Å². The van der Waals surface area contributed by atoms with Crippen LogP contribution in [0.1, 0.15) is 32.6 Å². The number of carbonyl (C=O) groups excluding carboxylic acids is 1. The van der Waals surface area contributed by atoms with Gasteiger partial charge in [-0.1, -0.05) is 6.92 Å². The number of hydrogen-bond donors (Lipinski definition) is 0. The van der Waals surface area contributed by atoms with Crippen molar-refractivity contribution in [2.45, 2.75) is 39.2 Å². The van der Waals surface area contributed by atoms with Crippen molar-refractivity contribution in [2.24, 2.45) is 0 Å². The van der Waals surface area contributed by atoms with Gasteiger partial charge in [0.2, 0.25) is 0 Å². The van der Waals surface area contributed by atoms with E-state index in [1.165, 1.54) is 12.7 Å². The first-order valence-electron chi connectivity index (χ1n) is 6.36. The third kappa shape index (κ3) is 5.55. The standard InChI is InChI=1S/C15H21NO2/c1-3-14(8-6-10-15(17)18-2)9-7-13-16-11-4-5-12-16/h4-6,11-12H,3,7,9-10,13H2,1-2H3. The third-order valence-corrected chi connectivity index (χ3v) is 2.79. The number of rotatable bonds is 7. The van der Waals surface area contributed by atoms with E-state index in [9.17, 15) is 4.79 Å². The Morgan fingerprint density at radius 2 is 2.11 bits per heavy atom. The van der Waals surface area contributed by atoms with E-state index in [0.717, 1.165) is 25.8 Å². The van der Waals surface area contributed by atoms with Gasteiger partial charge >= 0.3 is 5.97 Å². The van der Waals surface area contributed by atoms with Gasteiger partial charge in [-0.2, -0.15) is 0 Å². The smallest absolute Gasteiger partial charge is 0.309 e. The van der Waals surface area contributed by atoms with Crippen molar-refractivity contribution in [3.05, 3.63) is 41.9 Å². The van der Waals surface area contributed by atoms with E-state index in [-0.39, 0.29) is 5.97 Å². The molecular formula is C15H21NO2. The predicted molar refractivity (Wildman–Crippen MR) is 72.2 cm³/mol. The van der Waals surface area contributed by atoms with E-state index < -0.39 is 0 Å². The lowest BCUT2D eigenvalue weighted by Crippen LogP contribution is -1.96. The first-order chi connectivity index (χ1) is 8.76. The molecule has 0 fully saturated rings. The first kappa shape index (κ1) is 14.3. The minimum absolute atomic E-state index is 0.217. The van der Waals surface area contributed by atoms with E-state index in [2.05, 4.69) is 34.4 Å². The summed E-state index contributed by atoms with van der Waals surface area (Å²) in [6, 6.07) is 4.07. The topological polar surface area (TPSA) is 31.2 Å². The summed E-state index contributed by atoms with van der Waals surface area (Å²) in [5.74, 6) is -0.217. The number of hydrogen-bond acceptors (Lipinski definition) is 2. The Hall–Kier alpha value is -1.73. The highest BCUT2D eigenvalue weighted by molar-refractivity contribution is 5.70. The molecular weight excluding hydrogens is 226 g/mol. The Labute approximate surface area is 109 Å². The highest BCUT2D eigenvalue weighted by atomic mass is 16.5. The number of aromatic nitrogens is 1. The van der Waals surface area contributed by atoms with Crippen molar-refractivity contribution in [3.63, 3.8) is 0 Å². The maximum absolute atomic E-state index is 10.9. The fraction of sp³-hybridized carbons (Fsp3) is 0.467. The van der Waals surface area contributed by atoms with Crippen molar-refractivity contribution in [2.75, 3.05) is 7.11 Å². The summed E-state index contributed by atoms with van der Waals surface area (Å²) >= 11 is 0. The number of esters is 1. The van der Waals surface area contributed by atoms with Gasteiger partial charge in [-0.05, 0) is 43.0 Å². The van der Waals surface area contributed by atoms with Crippen LogP contribution in [0.15, 0.2) is 41.9 Å². The van der Waals surface area contributed by atoms with Crippen LogP contribution in [0.3, 0.4) is 0 Å². The lowest BCUT2D eigenvalue weighted by atomic mass is 10.1. The highest BCUT2D eigenvalue weighted by Crippen LogP contribution is 2.09. The molecule has 0 saturated carbocycles. The molecule has 0 saturated heterocycles. The van der Waals surface area contributed by atoms with Crippen molar-refractivity contribution < 1.29 is 9.53 Å². The van der Waals surface area contributed by atoms with Crippen LogP contribution in [0.4, 0.5) is 0 Å². The fourth-order valence-corrected chi connectivity index (χ4v) is 1.71. The minimum Gasteiger partial charge on any atom is -0.469 e. The van der Waals surface area contributed by atoms with Crippen molar-refractivity contribution in [3.8, 4) is 0 Å². The van der Waals surface area contributed by atoms with Crippen LogP contribution < -0.4 is 0 Å². The van der Waals surface area contributed by atoms with Gasteiger partial charge in [-0.25, -0.2) is 0 Å². The number of methoxy groups -OCH3 is 1. The molecule has 1 heterocycles. The molecule has 3 heteroatoms. The number of aryl methyl sites for hydroxylation is 1. The lowest BCUT2D eigenvalue weighted by molar-refractivity contribution is -0.139. The van der Waals surface area contributed by atoms with Gasteiger partial charge in [0, 0.05) is 18.9 Å². The van der Waals surface area contributed by atoms with Gasteiger partial charge in [0.25, 0.3) is 0 Å². The number of ether oxygens (including phenoxy) is 1. The van der Waals surface area contributed by atoms with Gasteiger partial charge in [-0.3, -0.25) is 4.79 Å². The van der Waals surface area contributed by atoms with Crippen LogP contribution in [0.25, 0.3) is 0 Å². The van der Waals surface area contributed by atoms with Crippen LogP contribution in [0.2, 0.25) is 0 Å². The quantitative estimate of drug-likeness (QED) is 0.546. The molecule has 0 unspecified atom stereocenters. The minimum atomic E-state index is -0.217. The Balaban J connectivity index is 2.36. The van der Waals surface area contributed by atoms with Crippen LogP contribution in [0.5, 0.6) is 0 Å². The van der Waals surface area contributed by atoms with Gasteiger partial charge < -0.3 is 9.30 Å². The Bertz CT molecular complexity index is 412. The maximum atomic E-state index is 10.9. The molecule has 1 aromatic rings. The highest BCUT2D eigenvalue weighted by Gasteiger charge is 1.96. The summed E-state index contributed by atoms with van der Waals surface area (Å²) in [5, 5.41) is 0. The average Bonchev–Trinajstić information content (AvgIpc) is 2.89. The van der Waals surface area contributed by atoms with E-state index in [1.807, 2.05) is 12.1 Å². The molecule has 0 aliphatic carbocycles. The molecule has 98 valence electrons. The molecule has 1 rings (SSSR count). The number of carbonyl (C=O) groups is 1. The second-order valence-electron chi connectivity index (χ2n) is 4.11. The fourth-order valence-electron chi connectivity index (χ4n) is 1.71. The zero-order chi connectivity index (χ0) is 13.2. The zero-order valence-electron chi connectivity index (χ0n) is 11.2. The average molecular weight is 247 g/mol. The second-order valence-corrected chi connectivity index (χ2v) is 4.11. The summed E-state index contributed by atoms with van der Waals surface area (Å²) in [7, 11) is 1.40. The second kappa shape index (κ2) is 8.37. The molecule has 0 bridgehead atoms. The van der Waals surface area contributed by atoms with E-state index in [1.54, 1.807) is 6.08 Å². The molecule has 0 radical (unpaired) electrons. The van der Waals surface area contributed by atoms with E-state index >= 15 is 0 Å². The van der Waals surface area contributed by atoms with Crippen LogP contribution in [0, 0.1) is 0 Å². The first-order valence-corrected chi connectivity index (χ1v) is 6.36. The molecule has 1 aromatic heterocycles. The van der Waals surface area contributed by atoms with Crippen LogP contribution >= 0.6 is 0 Å². The predicted octanol–water partition coefficient (Wildman–Crippen LogP) is 3.32. The summed E-state index contributed by atoms with van der Waals surface area (Å²) in [6.45, 7) is 3.14. The normalized spacial score (nSPS) is 9.67. The van der Waals surface area contributed by atoms with Gasteiger partial charge in [-0.15, -0.1) is 5.73 Å². The van der Waals surface area contributed by atoms with Crippen LogP contribution in [-0.4, -0.2) is 17.6 Å². The molecule has 0 atom stereocenters.